The lowest BCUT2D eigenvalue weighted by atomic mass is 10.1. The van der Waals surface area contributed by atoms with Crippen LogP contribution >= 0.6 is 11.6 Å². The molecule has 2 aromatic heterocycles. The Morgan fingerprint density at radius 3 is 2.76 bits per heavy atom. The first kappa shape index (κ1) is 26.9. The monoisotopic (exact) mass is 537 g/mol. The molecule has 3 heterocycles. The molecule has 37 heavy (non-hydrogen) atoms. The van der Waals surface area contributed by atoms with Gasteiger partial charge in [0.1, 0.15) is 5.82 Å². The highest BCUT2D eigenvalue weighted by Crippen LogP contribution is 2.38. The van der Waals surface area contributed by atoms with E-state index in [9.17, 15) is 9.90 Å². The summed E-state index contributed by atoms with van der Waals surface area (Å²) in [5.74, 6) is 0.0392. The highest BCUT2D eigenvalue weighted by molar-refractivity contribution is 6.74. The lowest BCUT2D eigenvalue weighted by Crippen LogP contribution is -2.44. The number of carbonyl (C=O) groups is 1. The normalized spacial score (nSPS) is 16.1. The molecule has 1 aliphatic heterocycles. The predicted octanol–water partition coefficient (Wildman–Crippen LogP) is 5.39. The fraction of sp³-hybridized carbons (Fsp3) is 0.407. The van der Waals surface area contributed by atoms with Crippen LogP contribution in [0.1, 0.15) is 48.8 Å². The van der Waals surface area contributed by atoms with Crippen LogP contribution in [0.3, 0.4) is 0 Å². The van der Waals surface area contributed by atoms with Crippen molar-refractivity contribution in [2.75, 3.05) is 18.0 Å². The number of fused-ring (bicyclic) bond motifs is 1. The Labute approximate surface area is 223 Å². The molecule has 4 rings (SSSR count). The van der Waals surface area contributed by atoms with E-state index in [1.807, 2.05) is 12.1 Å². The highest BCUT2D eigenvalue weighted by atomic mass is 35.5. The SMILES string of the molecule is CC(C)(C)[Si](C)(C)OC1CCN(c2ccc3c(O)c(C(=O)NCc4ccc(C#N)cc4Cl)ncc3n2)C1. The van der Waals surface area contributed by atoms with E-state index in [0.717, 1.165) is 25.3 Å². The lowest BCUT2D eigenvalue weighted by Gasteiger charge is -2.38. The van der Waals surface area contributed by atoms with Gasteiger partial charge in [0.25, 0.3) is 5.91 Å². The number of hydrogen-bond acceptors (Lipinski definition) is 7. The fourth-order valence-corrected chi connectivity index (χ4v) is 5.69. The summed E-state index contributed by atoms with van der Waals surface area (Å²) in [6.45, 7) is 13.0. The van der Waals surface area contributed by atoms with E-state index in [1.54, 1.807) is 24.3 Å². The van der Waals surface area contributed by atoms with Gasteiger partial charge in [-0.15, -0.1) is 0 Å². The predicted molar refractivity (Wildman–Crippen MR) is 147 cm³/mol. The Morgan fingerprint density at radius 1 is 1.32 bits per heavy atom. The van der Waals surface area contributed by atoms with Crippen LogP contribution in [0.15, 0.2) is 36.5 Å². The maximum absolute atomic E-state index is 12.7. The molecule has 194 valence electrons. The van der Waals surface area contributed by atoms with Gasteiger partial charge < -0.3 is 19.7 Å². The van der Waals surface area contributed by atoms with E-state index in [1.165, 1.54) is 6.20 Å². The molecule has 1 amide bonds. The first-order chi connectivity index (χ1) is 17.4. The number of aromatic nitrogens is 2. The van der Waals surface area contributed by atoms with Crippen molar-refractivity contribution >= 4 is 42.5 Å². The van der Waals surface area contributed by atoms with Crippen molar-refractivity contribution in [3.8, 4) is 11.8 Å². The largest absolute Gasteiger partial charge is 0.505 e. The molecule has 0 aliphatic carbocycles. The molecule has 0 bridgehead atoms. The summed E-state index contributed by atoms with van der Waals surface area (Å²) >= 11 is 6.19. The molecule has 1 atom stereocenters. The van der Waals surface area contributed by atoms with Gasteiger partial charge in [0.15, 0.2) is 19.8 Å². The third kappa shape index (κ3) is 5.72. The number of rotatable bonds is 6. The summed E-state index contributed by atoms with van der Waals surface area (Å²) in [5.41, 5.74) is 1.52. The third-order valence-electron chi connectivity index (χ3n) is 7.28. The van der Waals surface area contributed by atoms with E-state index >= 15 is 0 Å². The maximum atomic E-state index is 12.7. The second-order valence-electron chi connectivity index (χ2n) is 10.9. The van der Waals surface area contributed by atoms with Crippen LogP contribution < -0.4 is 10.2 Å². The van der Waals surface area contributed by atoms with Gasteiger partial charge >= 0.3 is 0 Å². The van der Waals surface area contributed by atoms with Crippen molar-refractivity contribution in [2.24, 2.45) is 0 Å². The van der Waals surface area contributed by atoms with Gasteiger partial charge in [-0.1, -0.05) is 38.4 Å². The van der Waals surface area contributed by atoms with E-state index < -0.39 is 14.2 Å². The van der Waals surface area contributed by atoms with Crippen LogP contribution in [0, 0.1) is 11.3 Å². The second-order valence-corrected chi connectivity index (χ2v) is 16.1. The quantitative estimate of drug-likeness (QED) is 0.405. The van der Waals surface area contributed by atoms with Gasteiger partial charge in [0.2, 0.25) is 0 Å². The van der Waals surface area contributed by atoms with E-state index in [0.29, 0.717) is 27.1 Å². The minimum absolute atomic E-state index is 0.0872. The number of aromatic hydroxyl groups is 1. The fourth-order valence-electron chi connectivity index (χ4n) is 4.06. The molecular weight excluding hydrogens is 506 g/mol. The zero-order chi connectivity index (χ0) is 27.0. The van der Waals surface area contributed by atoms with E-state index in [4.69, 9.17) is 26.3 Å². The third-order valence-corrected chi connectivity index (χ3v) is 12.2. The van der Waals surface area contributed by atoms with E-state index in [-0.39, 0.29) is 29.1 Å². The van der Waals surface area contributed by atoms with Crippen molar-refractivity contribution in [1.29, 1.82) is 5.26 Å². The van der Waals surface area contributed by atoms with Gasteiger partial charge in [-0.25, -0.2) is 9.97 Å². The Morgan fingerprint density at radius 2 is 2.08 bits per heavy atom. The zero-order valence-corrected chi connectivity index (χ0v) is 23.6. The van der Waals surface area contributed by atoms with Crippen molar-refractivity contribution < 1.29 is 14.3 Å². The average molecular weight is 538 g/mol. The number of hydrogen-bond donors (Lipinski definition) is 2. The number of nitrogens with zero attached hydrogens (tertiary/aromatic N) is 4. The number of halogens is 1. The highest BCUT2D eigenvalue weighted by Gasteiger charge is 2.40. The van der Waals surface area contributed by atoms with Crippen molar-refractivity contribution in [1.82, 2.24) is 15.3 Å². The van der Waals surface area contributed by atoms with Crippen LogP contribution in [0.5, 0.6) is 5.75 Å². The molecule has 0 saturated carbocycles. The van der Waals surface area contributed by atoms with Gasteiger partial charge in [0, 0.05) is 30.0 Å². The molecule has 1 aromatic carbocycles. The maximum Gasteiger partial charge on any atom is 0.274 e. The van der Waals surface area contributed by atoms with Crippen LogP contribution in [0.25, 0.3) is 10.9 Å². The minimum atomic E-state index is -1.85. The molecule has 1 saturated heterocycles. The molecule has 2 N–H and O–H groups in total. The van der Waals surface area contributed by atoms with Crippen LogP contribution in [0.2, 0.25) is 23.2 Å². The summed E-state index contributed by atoms with van der Waals surface area (Å²) in [7, 11) is -1.85. The van der Waals surface area contributed by atoms with Crippen LogP contribution in [-0.2, 0) is 11.0 Å². The molecule has 0 spiro atoms. The Bertz CT molecular complexity index is 1380. The number of amides is 1. The van der Waals surface area contributed by atoms with Crippen molar-refractivity contribution in [2.45, 2.75) is 58.0 Å². The topological polar surface area (TPSA) is 111 Å². The molecule has 0 radical (unpaired) electrons. The number of pyridine rings is 2. The molecule has 1 aliphatic rings. The standard InChI is InChI=1S/C27H32ClN5O3Si/c1-27(2,3)37(4,5)36-19-10-11-33(16-19)23-9-8-20-22(32-23)15-30-24(25(20)34)26(35)31-14-18-7-6-17(13-29)12-21(18)28/h6-9,12,15,19,34H,10-11,14,16H2,1-5H3,(H,31,35). The first-order valence-electron chi connectivity index (χ1n) is 12.3. The number of nitriles is 1. The Hall–Kier alpha value is -3.19. The van der Waals surface area contributed by atoms with Crippen molar-refractivity contribution in [3.63, 3.8) is 0 Å². The lowest BCUT2D eigenvalue weighted by molar-refractivity contribution is 0.0943. The number of anilines is 1. The second kappa shape index (κ2) is 10.3. The summed E-state index contributed by atoms with van der Waals surface area (Å²) in [6.07, 6.45) is 2.61. The van der Waals surface area contributed by atoms with Gasteiger partial charge in [-0.05, 0) is 54.4 Å². The van der Waals surface area contributed by atoms with Crippen LogP contribution in [-0.4, -0.2) is 48.5 Å². The van der Waals surface area contributed by atoms with Crippen LogP contribution in [0.4, 0.5) is 5.82 Å². The summed E-state index contributed by atoms with van der Waals surface area (Å²) in [5, 5.41) is 23.5. The van der Waals surface area contributed by atoms with Crippen molar-refractivity contribution in [3.05, 3.63) is 58.4 Å². The van der Waals surface area contributed by atoms with Gasteiger partial charge in [-0.3, -0.25) is 4.79 Å². The van der Waals surface area contributed by atoms with Gasteiger partial charge in [0.05, 0.1) is 29.5 Å². The molecule has 3 aromatic rings. The Kier molecular flexibility index (Phi) is 7.47. The number of benzene rings is 1. The molecule has 1 fully saturated rings. The minimum Gasteiger partial charge on any atom is -0.505 e. The average Bonchev–Trinajstić information content (AvgIpc) is 3.30. The number of carbonyl (C=O) groups excluding carboxylic acids is 1. The zero-order valence-electron chi connectivity index (χ0n) is 21.8. The first-order valence-corrected chi connectivity index (χ1v) is 15.6. The molecule has 1 unspecified atom stereocenters. The molecular formula is C27H32ClN5O3Si. The summed E-state index contributed by atoms with van der Waals surface area (Å²) in [6, 6.07) is 10.5. The molecule has 10 heteroatoms. The summed E-state index contributed by atoms with van der Waals surface area (Å²) in [4.78, 5) is 23.8. The smallest absolute Gasteiger partial charge is 0.274 e. The van der Waals surface area contributed by atoms with Gasteiger partial charge in [-0.2, -0.15) is 5.26 Å². The molecule has 8 nitrogen and oxygen atoms in total. The van der Waals surface area contributed by atoms with E-state index in [2.05, 4.69) is 49.1 Å². The Balaban J connectivity index is 1.46. The number of nitrogens with one attached hydrogen (secondary N) is 1. The summed E-state index contributed by atoms with van der Waals surface area (Å²) < 4.78 is 6.59.